The Kier molecular flexibility index (Phi) is 3.12. The molecule has 1 aliphatic rings. The molecule has 18 heavy (non-hydrogen) atoms. The number of methoxy groups -OCH3 is 2. The molecule has 0 bridgehead atoms. The quantitative estimate of drug-likeness (QED) is 0.712. The number of amidine groups is 1. The van der Waals surface area contributed by atoms with Crippen LogP contribution in [0.4, 0.5) is 0 Å². The highest BCUT2D eigenvalue weighted by Crippen LogP contribution is 2.32. The van der Waals surface area contributed by atoms with Gasteiger partial charge in [-0.3, -0.25) is 5.73 Å². The fourth-order valence-electron chi connectivity index (χ4n) is 1.78. The highest BCUT2D eigenvalue weighted by atomic mass is 16.5. The summed E-state index contributed by atoms with van der Waals surface area (Å²) in [7, 11) is 3.15. The van der Waals surface area contributed by atoms with Gasteiger partial charge in [0.15, 0.2) is 0 Å². The van der Waals surface area contributed by atoms with Crippen molar-refractivity contribution in [1.82, 2.24) is 5.32 Å². The standard InChI is InChI=1S/C12H16N4O2/c1-17-8-3-4-10(18-2)9(7-8)12(14)15-6-5-11(13)16-12/h3-7,15H,14H2,1-2H3,(H2,13,16). The smallest absolute Gasteiger partial charge is 0.214 e. The number of benzene rings is 1. The number of rotatable bonds is 3. The number of hydrogen-bond donors (Lipinski definition) is 3. The Labute approximate surface area is 105 Å². The highest BCUT2D eigenvalue weighted by Gasteiger charge is 2.31. The molecule has 0 saturated heterocycles. The molecule has 0 aliphatic carbocycles. The molecule has 6 heteroatoms. The third-order valence-corrected chi connectivity index (χ3v) is 2.68. The van der Waals surface area contributed by atoms with E-state index in [1.807, 2.05) is 0 Å². The SMILES string of the molecule is COc1ccc(OC)c(C2(N)N=C(N)C=CN2)c1. The van der Waals surface area contributed by atoms with Gasteiger partial charge in [-0.1, -0.05) is 0 Å². The molecule has 0 aromatic heterocycles. The lowest BCUT2D eigenvalue weighted by Gasteiger charge is -2.30. The van der Waals surface area contributed by atoms with E-state index in [9.17, 15) is 0 Å². The van der Waals surface area contributed by atoms with Crippen molar-refractivity contribution in [2.75, 3.05) is 14.2 Å². The lowest BCUT2D eigenvalue weighted by atomic mass is 10.1. The van der Waals surface area contributed by atoms with E-state index in [2.05, 4.69) is 10.3 Å². The van der Waals surface area contributed by atoms with Gasteiger partial charge in [-0.05, 0) is 24.3 Å². The Hall–Kier alpha value is -2.21. The molecule has 1 unspecified atom stereocenters. The Balaban J connectivity index is 2.52. The molecular formula is C12H16N4O2. The molecule has 0 spiro atoms. The van der Waals surface area contributed by atoms with Crippen molar-refractivity contribution < 1.29 is 9.47 Å². The van der Waals surface area contributed by atoms with Crippen molar-refractivity contribution in [2.24, 2.45) is 16.5 Å². The van der Waals surface area contributed by atoms with Crippen molar-refractivity contribution in [1.29, 1.82) is 0 Å². The van der Waals surface area contributed by atoms with Gasteiger partial charge in [-0.15, -0.1) is 0 Å². The maximum absolute atomic E-state index is 6.21. The van der Waals surface area contributed by atoms with Gasteiger partial charge in [0.1, 0.15) is 17.3 Å². The second-order valence-corrected chi connectivity index (χ2v) is 3.85. The molecular weight excluding hydrogens is 232 g/mol. The van der Waals surface area contributed by atoms with Crippen molar-refractivity contribution in [3.63, 3.8) is 0 Å². The van der Waals surface area contributed by atoms with Crippen LogP contribution < -0.4 is 26.3 Å². The molecule has 1 atom stereocenters. The van der Waals surface area contributed by atoms with Crippen LogP contribution in [0.3, 0.4) is 0 Å². The third-order valence-electron chi connectivity index (χ3n) is 2.68. The summed E-state index contributed by atoms with van der Waals surface area (Å²) in [5.74, 6) is 0.471. The van der Waals surface area contributed by atoms with E-state index in [0.29, 0.717) is 22.9 Å². The first-order valence-corrected chi connectivity index (χ1v) is 5.40. The van der Waals surface area contributed by atoms with Crippen LogP contribution in [0.1, 0.15) is 5.56 Å². The molecule has 96 valence electrons. The van der Waals surface area contributed by atoms with E-state index < -0.39 is 5.79 Å². The summed E-state index contributed by atoms with van der Waals surface area (Å²) >= 11 is 0. The number of nitrogens with zero attached hydrogens (tertiary/aromatic N) is 1. The normalized spacial score (nSPS) is 22.1. The summed E-state index contributed by atoms with van der Waals surface area (Å²) in [6.45, 7) is 0. The molecule has 1 aromatic carbocycles. The summed E-state index contributed by atoms with van der Waals surface area (Å²) in [4.78, 5) is 4.21. The number of nitrogens with one attached hydrogen (secondary N) is 1. The summed E-state index contributed by atoms with van der Waals surface area (Å²) in [6.07, 6.45) is 3.29. The molecule has 1 aliphatic heterocycles. The van der Waals surface area contributed by atoms with E-state index in [1.165, 1.54) is 0 Å². The maximum Gasteiger partial charge on any atom is 0.214 e. The summed E-state index contributed by atoms with van der Waals surface area (Å²) in [5, 5.41) is 2.96. The zero-order valence-corrected chi connectivity index (χ0v) is 10.3. The fraction of sp³-hybridized carbons (Fsp3) is 0.250. The molecule has 0 amide bonds. The van der Waals surface area contributed by atoms with Gasteiger partial charge < -0.3 is 20.5 Å². The summed E-state index contributed by atoms with van der Waals surface area (Å²) < 4.78 is 10.5. The highest BCUT2D eigenvalue weighted by molar-refractivity contribution is 5.92. The average Bonchev–Trinajstić information content (AvgIpc) is 2.37. The van der Waals surface area contributed by atoms with Crippen LogP contribution in [0.2, 0.25) is 0 Å². The zero-order chi connectivity index (χ0) is 13.2. The lowest BCUT2D eigenvalue weighted by molar-refractivity contribution is 0.354. The first-order chi connectivity index (χ1) is 8.59. The van der Waals surface area contributed by atoms with Crippen LogP contribution in [0.25, 0.3) is 0 Å². The fourth-order valence-corrected chi connectivity index (χ4v) is 1.78. The van der Waals surface area contributed by atoms with Gasteiger partial charge in [0.2, 0.25) is 5.79 Å². The van der Waals surface area contributed by atoms with Gasteiger partial charge in [-0.2, -0.15) is 0 Å². The molecule has 6 nitrogen and oxygen atoms in total. The predicted octanol–water partition coefficient (Wildman–Crippen LogP) is 0.247. The minimum atomic E-state index is -1.15. The van der Waals surface area contributed by atoms with E-state index in [-0.39, 0.29) is 0 Å². The van der Waals surface area contributed by atoms with Crippen LogP contribution in [0, 0.1) is 0 Å². The molecule has 0 radical (unpaired) electrons. The van der Waals surface area contributed by atoms with Crippen LogP contribution in [0.5, 0.6) is 11.5 Å². The maximum atomic E-state index is 6.21. The van der Waals surface area contributed by atoms with Gasteiger partial charge >= 0.3 is 0 Å². The van der Waals surface area contributed by atoms with Crippen molar-refractivity contribution in [3.8, 4) is 11.5 Å². The molecule has 0 saturated carbocycles. The average molecular weight is 248 g/mol. The van der Waals surface area contributed by atoms with Gasteiger partial charge in [0, 0.05) is 6.20 Å². The van der Waals surface area contributed by atoms with Crippen molar-refractivity contribution in [2.45, 2.75) is 5.79 Å². The van der Waals surface area contributed by atoms with Crippen molar-refractivity contribution in [3.05, 3.63) is 36.0 Å². The van der Waals surface area contributed by atoms with Crippen LogP contribution in [-0.4, -0.2) is 20.1 Å². The Morgan fingerprint density at radius 2 is 2.06 bits per heavy atom. The van der Waals surface area contributed by atoms with Crippen LogP contribution >= 0.6 is 0 Å². The molecule has 5 N–H and O–H groups in total. The molecule has 2 rings (SSSR count). The van der Waals surface area contributed by atoms with E-state index in [4.69, 9.17) is 20.9 Å². The van der Waals surface area contributed by atoms with E-state index >= 15 is 0 Å². The summed E-state index contributed by atoms with van der Waals surface area (Å²) in [6, 6.07) is 5.33. The topological polar surface area (TPSA) is 94.9 Å². The number of hydrogen-bond acceptors (Lipinski definition) is 6. The van der Waals surface area contributed by atoms with E-state index in [1.54, 1.807) is 44.7 Å². The molecule has 1 aromatic rings. The number of ether oxygens (including phenoxy) is 2. The van der Waals surface area contributed by atoms with Gasteiger partial charge in [0.25, 0.3) is 0 Å². The molecule has 0 fully saturated rings. The summed E-state index contributed by atoms with van der Waals surface area (Å²) in [5.41, 5.74) is 12.5. The first-order valence-electron chi connectivity index (χ1n) is 5.40. The second kappa shape index (κ2) is 4.58. The number of nitrogens with two attached hydrogens (primary N) is 2. The minimum absolute atomic E-state index is 0.348. The minimum Gasteiger partial charge on any atom is -0.497 e. The van der Waals surface area contributed by atoms with Crippen LogP contribution in [-0.2, 0) is 5.79 Å². The van der Waals surface area contributed by atoms with Gasteiger partial charge in [0.05, 0.1) is 19.8 Å². The Morgan fingerprint density at radius 1 is 1.28 bits per heavy atom. The van der Waals surface area contributed by atoms with Crippen molar-refractivity contribution >= 4 is 5.84 Å². The van der Waals surface area contributed by atoms with Gasteiger partial charge in [-0.25, -0.2) is 4.99 Å². The Bertz CT molecular complexity index is 513. The van der Waals surface area contributed by atoms with Crippen LogP contribution in [0.15, 0.2) is 35.5 Å². The van der Waals surface area contributed by atoms with E-state index in [0.717, 1.165) is 0 Å². The third kappa shape index (κ3) is 2.10. The Morgan fingerprint density at radius 3 is 2.67 bits per heavy atom. The predicted molar refractivity (Wildman–Crippen MR) is 69.3 cm³/mol. The lowest BCUT2D eigenvalue weighted by Crippen LogP contribution is -2.49. The zero-order valence-electron chi connectivity index (χ0n) is 10.3. The second-order valence-electron chi connectivity index (χ2n) is 3.85. The molecule has 1 heterocycles. The monoisotopic (exact) mass is 248 g/mol. The number of aliphatic imine (C=N–C) groups is 1. The first kappa shape index (κ1) is 12.3. The largest absolute Gasteiger partial charge is 0.497 e.